The lowest BCUT2D eigenvalue weighted by Crippen LogP contribution is -2.55. The molecule has 180 valence electrons. The predicted molar refractivity (Wildman–Crippen MR) is 125 cm³/mol. The highest BCUT2D eigenvalue weighted by Gasteiger charge is 2.33. The molecule has 2 atom stereocenters. The van der Waals surface area contributed by atoms with Gasteiger partial charge in [-0.15, -0.1) is 0 Å². The molecule has 2 aliphatic heterocycles. The molecule has 2 fully saturated rings. The van der Waals surface area contributed by atoms with Gasteiger partial charge in [0.1, 0.15) is 5.75 Å². The summed E-state index contributed by atoms with van der Waals surface area (Å²) < 4.78 is 36.0. The van der Waals surface area contributed by atoms with Crippen molar-refractivity contribution in [3.05, 3.63) is 22.7 Å². The van der Waals surface area contributed by atoms with E-state index in [4.69, 9.17) is 26.8 Å². The molecule has 0 bridgehead atoms. The standard InChI is InChI=1S/C21H33ClN4O5S/c1-30-19-11-17(23)16(22)10-15(19)21(27)24-18-6-7-25(13-20(18)31-2)12-14-4-8-26(9-5-14)32(3,28)29/h10-11,14,18,20H,4-9,12-13,23H2,1-3H3,(H,24,27). The van der Waals surface area contributed by atoms with Gasteiger partial charge in [0.2, 0.25) is 10.0 Å². The van der Waals surface area contributed by atoms with Crippen LogP contribution in [0, 0.1) is 5.92 Å². The van der Waals surface area contributed by atoms with Crippen LogP contribution in [0.1, 0.15) is 29.6 Å². The number of halogens is 1. The largest absolute Gasteiger partial charge is 0.496 e. The highest BCUT2D eigenvalue weighted by molar-refractivity contribution is 7.88. The maximum Gasteiger partial charge on any atom is 0.255 e. The molecule has 11 heteroatoms. The summed E-state index contributed by atoms with van der Waals surface area (Å²) in [5.41, 5.74) is 6.50. The number of ether oxygens (including phenoxy) is 2. The molecule has 1 aromatic carbocycles. The number of nitrogens with two attached hydrogens (primary N) is 1. The van der Waals surface area contributed by atoms with E-state index in [9.17, 15) is 13.2 Å². The van der Waals surface area contributed by atoms with Gasteiger partial charge >= 0.3 is 0 Å². The summed E-state index contributed by atoms with van der Waals surface area (Å²) in [6, 6.07) is 2.92. The van der Waals surface area contributed by atoms with Gasteiger partial charge in [-0.05, 0) is 31.2 Å². The van der Waals surface area contributed by atoms with Crippen molar-refractivity contribution in [1.29, 1.82) is 0 Å². The SMILES string of the molecule is COc1cc(N)c(Cl)cc1C(=O)NC1CCN(CC2CCN(S(C)(=O)=O)CC2)CC1OC. The zero-order chi connectivity index (χ0) is 23.5. The summed E-state index contributed by atoms with van der Waals surface area (Å²) in [5, 5.41) is 3.36. The number of hydrogen-bond acceptors (Lipinski definition) is 7. The second kappa shape index (κ2) is 10.6. The number of benzene rings is 1. The first-order valence-corrected chi connectivity index (χ1v) is 13.0. The van der Waals surface area contributed by atoms with Crippen molar-refractivity contribution in [3.63, 3.8) is 0 Å². The second-order valence-electron chi connectivity index (χ2n) is 8.58. The highest BCUT2D eigenvalue weighted by Crippen LogP contribution is 2.29. The van der Waals surface area contributed by atoms with E-state index in [1.54, 1.807) is 17.5 Å². The Morgan fingerprint density at radius 1 is 1.22 bits per heavy atom. The zero-order valence-electron chi connectivity index (χ0n) is 18.8. The number of hydrogen-bond donors (Lipinski definition) is 2. The second-order valence-corrected chi connectivity index (χ2v) is 11.0. The van der Waals surface area contributed by atoms with Crippen molar-refractivity contribution in [1.82, 2.24) is 14.5 Å². The number of carbonyl (C=O) groups excluding carboxylic acids is 1. The van der Waals surface area contributed by atoms with Gasteiger partial charge in [-0.25, -0.2) is 12.7 Å². The Morgan fingerprint density at radius 2 is 1.91 bits per heavy atom. The lowest BCUT2D eigenvalue weighted by molar-refractivity contribution is -0.000137. The molecule has 0 spiro atoms. The molecule has 2 heterocycles. The zero-order valence-corrected chi connectivity index (χ0v) is 20.4. The van der Waals surface area contributed by atoms with Gasteiger partial charge in [0.25, 0.3) is 5.91 Å². The summed E-state index contributed by atoms with van der Waals surface area (Å²) in [4.78, 5) is 15.3. The number of sulfonamides is 1. The maximum absolute atomic E-state index is 12.9. The minimum Gasteiger partial charge on any atom is -0.496 e. The van der Waals surface area contributed by atoms with Crippen LogP contribution in [0.25, 0.3) is 0 Å². The number of piperidine rings is 2. The Balaban J connectivity index is 1.56. The summed E-state index contributed by atoms with van der Waals surface area (Å²) in [5.74, 6) is 0.548. The molecule has 0 aromatic heterocycles. The van der Waals surface area contributed by atoms with E-state index in [0.717, 1.165) is 32.4 Å². The topological polar surface area (TPSA) is 114 Å². The fourth-order valence-electron chi connectivity index (χ4n) is 4.50. The van der Waals surface area contributed by atoms with Crippen LogP contribution in [0.5, 0.6) is 5.75 Å². The monoisotopic (exact) mass is 488 g/mol. The quantitative estimate of drug-likeness (QED) is 0.558. The third kappa shape index (κ3) is 6.05. The van der Waals surface area contributed by atoms with E-state index in [1.165, 1.54) is 19.4 Å². The van der Waals surface area contributed by atoms with Gasteiger partial charge in [0, 0.05) is 45.9 Å². The molecule has 2 aliphatic rings. The predicted octanol–water partition coefficient (Wildman–Crippen LogP) is 1.42. The fourth-order valence-corrected chi connectivity index (χ4v) is 5.54. The van der Waals surface area contributed by atoms with Crippen LogP contribution in [0.15, 0.2) is 12.1 Å². The van der Waals surface area contributed by atoms with Crippen LogP contribution >= 0.6 is 11.6 Å². The van der Waals surface area contributed by atoms with E-state index < -0.39 is 10.0 Å². The third-order valence-electron chi connectivity index (χ3n) is 6.38. The summed E-state index contributed by atoms with van der Waals surface area (Å²) >= 11 is 6.10. The summed E-state index contributed by atoms with van der Waals surface area (Å²) in [6.45, 7) is 3.59. The van der Waals surface area contributed by atoms with Crippen molar-refractivity contribution in [2.24, 2.45) is 5.92 Å². The van der Waals surface area contributed by atoms with Crippen LogP contribution in [0.3, 0.4) is 0 Å². The number of amides is 1. The number of nitrogen functional groups attached to an aromatic ring is 1. The molecular formula is C21H33ClN4O5S. The van der Waals surface area contributed by atoms with Crippen molar-refractivity contribution in [2.75, 3.05) is 58.9 Å². The Kier molecular flexibility index (Phi) is 8.26. The molecule has 32 heavy (non-hydrogen) atoms. The highest BCUT2D eigenvalue weighted by atomic mass is 35.5. The lowest BCUT2D eigenvalue weighted by Gasteiger charge is -2.40. The molecule has 0 saturated carbocycles. The Bertz CT molecular complexity index is 921. The van der Waals surface area contributed by atoms with Crippen LogP contribution in [0.4, 0.5) is 5.69 Å². The molecule has 3 N–H and O–H groups in total. The van der Waals surface area contributed by atoms with Crippen molar-refractivity contribution in [3.8, 4) is 5.75 Å². The molecule has 1 amide bonds. The number of methoxy groups -OCH3 is 2. The van der Waals surface area contributed by atoms with Crippen LogP contribution in [0.2, 0.25) is 5.02 Å². The Morgan fingerprint density at radius 3 is 2.50 bits per heavy atom. The molecule has 0 aliphatic carbocycles. The van der Waals surface area contributed by atoms with E-state index in [-0.39, 0.29) is 18.1 Å². The molecule has 1 aromatic rings. The number of rotatable bonds is 7. The molecule has 3 rings (SSSR count). The van der Waals surface area contributed by atoms with Gasteiger partial charge in [-0.1, -0.05) is 11.6 Å². The fraction of sp³-hybridized carbons (Fsp3) is 0.667. The van der Waals surface area contributed by atoms with E-state index in [2.05, 4.69) is 10.2 Å². The summed E-state index contributed by atoms with van der Waals surface area (Å²) in [6.07, 6.45) is 3.58. The molecule has 2 saturated heterocycles. The smallest absolute Gasteiger partial charge is 0.255 e. The molecule has 0 radical (unpaired) electrons. The first-order chi connectivity index (χ1) is 15.1. The van der Waals surface area contributed by atoms with E-state index in [0.29, 0.717) is 47.6 Å². The van der Waals surface area contributed by atoms with Crippen LogP contribution in [-0.4, -0.2) is 88.9 Å². The van der Waals surface area contributed by atoms with Crippen molar-refractivity contribution in [2.45, 2.75) is 31.4 Å². The maximum atomic E-state index is 12.9. The normalized spacial score (nSPS) is 23.8. The van der Waals surface area contributed by atoms with Gasteiger partial charge in [-0.3, -0.25) is 4.79 Å². The van der Waals surface area contributed by atoms with E-state index >= 15 is 0 Å². The minimum atomic E-state index is -3.11. The van der Waals surface area contributed by atoms with Gasteiger partial charge in [0.05, 0.1) is 41.8 Å². The Hall–Kier alpha value is -1.59. The van der Waals surface area contributed by atoms with Crippen molar-refractivity contribution >= 4 is 33.2 Å². The van der Waals surface area contributed by atoms with Gasteiger partial charge < -0.3 is 25.4 Å². The van der Waals surface area contributed by atoms with Crippen LogP contribution in [-0.2, 0) is 14.8 Å². The van der Waals surface area contributed by atoms with Crippen molar-refractivity contribution < 1.29 is 22.7 Å². The number of likely N-dealkylation sites (tertiary alicyclic amines) is 1. The first-order valence-electron chi connectivity index (χ1n) is 10.8. The molecule has 9 nitrogen and oxygen atoms in total. The van der Waals surface area contributed by atoms with Gasteiger partial charge in [0.15, 0.2) is 0 Å². The van der Waals surface area contributed by atoms with E-state index in [1.807, 2.05) is 0 Å². The average Bonchev–Trinajstić information content (AvgIpc) is 2.76. The number of nitrogens with one attached hydrogen (secondary N) is 1. The number of carbonyl (C=O) groups is 1. The third-order valence-corrected chi connectivity index (χ3v) is 8.02. The average molecular weight is 489 g/mol. The summed E-state index contributed by atoms with van der Waals surface area (Å²) in [7, 11) is 0.0221. The lowest BCUT2D eigenvalue weighted by atomic mass is 9.94. The molecular weight excluding hydrogens is 456 g/mol. The first kappa shape index (κ1) is 25.0. The minimum absolute atomic E-state index is 0.142. The Labute approximate surface area is 195 Å². The number of nitrogens with zero attached hydrogens (tertiary/aromatic N) is 2. The van der Waals surface area contributed by atoms with Gasteiger partial charge in [-0.2, -0.15) is 0 Å². The van der Waals surface area contributed by atoms with Crippen LogP contribution < -0.4 is 15.8 Å². The number of anilines is 1. The molecule has 2 unspecified atom stereocenters.